The Morgan fingerprint density at radius 2 is 1.70 bits per heavy atom. The van der Waals surface area contributed by atoms with Crippen LogP contribution in [0.15, 0.2) is 66.7 Å². The summed E-state index contributed by atoms with van der Waals surface area (Å²) in [5.41, 5.74) is -0.307. The Hall–Kier alpha value is -3.39. The van der Waals surface area contributed by atoms with Gasteiger partial charge in [0, 0.05) is 12.1 Å². The number of hydrogen-bond acceptors (Lipinski definition) is 2. The summed E-state index contributed by atoms with van der Waals surface area (Å²) in [7, 11) is 0. The lowest BCUT2D eigenvalue weighted by Crippen LogP contribution is -2.44. The van der Waals surface area contributed by atoms with Crippen molar-refractivity contribution in [2.75, 3.05) is 0 Å². The van der Waals surface area contributed by atoms with E-state index in [2.05, 4.69) is 0 Å². The second-order valence-corrected chi connectivity index (χ2v) is 8.05. The highest BCUT2D eigenvalue weighted by Gasteiger charge is 2.45. The molecule has 33 heavy (non-hydrogen) atoms. The SMILES string of the molecule is O=C(O)C1c2ccccc2C(=O)N(Cc2ccc(F)cc2)C1c1ccc(Cl)c(C(F)(F)F)c1. The average Bonchev–Trinajstić information content (AvgIpc) is 2.76. The fourth-order valence-electron chi connectivity index (χ4n) is 4.14. The van der Waals surface area contributed by atoms with Gasteiger partial charge in [-0.3, -0.25) is 9.59 Å². The van der Waals surface area contributed by atoms with Gasteiger partial charge in [-0.05, 0) is 47.0 Å². The van der Waals surface area contributed by atoms with Crippen LogP contribution in [0.3, 0.4) is 0 Å². The van der Waals surface area contributed by atoms with Gasteiger partial charge in [-0.1, -0.05) is 48.0 Å². The summed E-state index contributed by atoms with van der Waals surface area (Å²) in [6.45, 7) is -0.133. The van der Waals surface area contributed by atoms with Crippen LogP contribution in [0, 0.1) is 5.82 Å². The molecule has 3 aromatic carbocycles. The summed E-state index contributed by atoms with van der Waals surface area (Å²) in [5, 5.41) is 9.53. The topological polar surface area (TPSA) is 57.6 Å². The number of amides is 1. The molecule has 1 aliphatic heterocycles. The first-order valence-electron chi connectivity index (χ1n) is 9.81. The largest absolute Gasteiger partial charge is 0.481 e. The maximum absolute atomic E-state index is 13.5. The van der Waals surface area contributed by atoms with Gasteiger partial charge in [-0.25, -0.2) is 4.39 Å². The first-order valence-corrected chi connectivity index (χ1v) is 10.2. The highest BCUT2D eigenvalue weighted by Crippen LogP contribution is 2.45. The maximum Gasteiger partial charge on any atom is 0.417 e. The van der Waals surface area contributed by atoms with Crippen molar-refractivity contribution in [1.29, 1.82) is 0 Å². The van der Waals surface area contributed by atoms with Gasteiger partial charge in [0.1, 0.15) is 11.7 Å². The van der Waals surface area contributed by atoms with Crippen LogP contribution in [0.4, 0.5) is 17.6 Å². The van der Waals surface area contributed by atoms with E-state index in [4.69, 9.17) is 11.6 Å². The molecule has 0 fully saturated rings. The van der Waals surface area contributed by atoms with Crippen molar-refractivity contribution in [3.05, 3.63) is 105 Å². The Labute approximate surface area is 191 Å². The lowest BCUT2D eigenvalue weighted by atomic mass is 9.79. The van der Waals surface area contributed by atoms with Crippen molar-refractivity contribution in [3.63, 3.8) is 0 Å². The number of carbonyl (C=O) groups excluding carboxylic acids is 1. The monoisotopic (exact) mass is 477 g/mol. The fraction of sp³-hybridized carbons (Fsp3) is 0.167. The molecule has 170 valence electrons. The lowest BCUT2D eigenvalue weighted by molar-refractivity contribution is -0.140. The number of hydrogen-bond donors (Lipinski definition) is 1. The van der Waals surface area contributed by atoms with Crippen LogP contribution in [-0.2, 0) is 17.5 Å². The molecule has 1 heterocycles. The summed E-state index contributed by atoms with van der Waals surface area (Å²) in [6, 6.07) is 13.2. The van der Waals surface area contributed by atoms with E-state index in [0.29, 0.717) is 5.56 Å². The Balaban J connectivity index is 1.92. The second-order valence-electron chi connectivity index (χ2n) is 7.64. The van der Waals surface area contributed by atoms with Gasteiger partial charge in [-0.2, -0.15) is 13.2 Å². The number of carbonyl (C=O) groups is 2. The van der Waals surface area contributed by atoms with E-state index in [1.165, 1.54) is 47.4 Å². The van der Waals surface area contributed by atoms with E-state index in [1.54, 1.807) is 12.1 Å². The van der Waals surface area contributed by atoms with Crippen LogP contribution in [-0.4, -0.2) is 21.9 Å². The summed E-state index contributed by atoms with van der Waals surface area (Å²) in [6.07, 6.45) is -4.77. The van der Waals surface area contributed by atoms with Crippen molar-refractivity contribution >= 4 is 23.5 Å². The molecule has 4 rings (SSSR count). The van der Waals surface area contributed by atoms with Gasteiger partial charge in [-0.15, -0.1) is 0 Å². The third kappa shape index (κ3) is 4.30. The molecule has 0 aromatic heterocycles. The van der Waals surface area contributed by atoms with Crippen LogP contribution in [0.2, 0.25) is 5.02 Å². The van der Waals surface area contributed by atoms with E-state index >= 15 is 0 Å². The molecular formula is C24H16ClF4NO3. The smallest absolute Gasteiger partial charge is 0.417 e. The Morgan fingerprint density at radius 3 is 2.33 bits per heavy atom. The van der Waals surface area contributed by atoms with Gasteiger partial charge in [0.25, 0.3) is 5.91 Å². The van der Waals surface area contributed by atoms with Crippen molar-refractivity contribution in [1.82, 2.24) is 4.90 Å². The number of carboxylic acids is 1. The summed E-state index contributed by atoms with van der Waals surface area (Å²) in [4.78, 5) is 27.0. The molecule has 1 N–H and O–H groups in total. The van der Waals surface area contributed by atoms with Crippen molar-refractivity contribution in [2.45, 2.75) is 24.7 Å². The van der Waals surface area contributed by atoms with Crippen LogP contribution in [0.25, 0.3) is 0 Å². The quantitative estimate of drug-likeness (QED) is 0.464. The summed E-state index contributed by atoms with van der Waals surface area (Å²) < 4.78 is 54.0. The molecule has 0 spiro atoms. The van der Waals surface area contributed by atoms with Crippen molar-refractivity contribution < 1.29 is 32.3 Å². The van der Waals surface area contributed by atoms with Gasteiger partial charge in [0.05, 0.1) is 16.6 Å². The number of benzene rings is 3. The number of carboxylic acid groups (broad SMARTS) is 1. The second kappa shape index (κ2) is 8.51. The van der Waals surface area contributed by atoms with Gasteiger partial charge >= 0.3 is 12.1 Å². The van der Waals surface area contributed by atoms with E-state index < -0.39 is 46.4 Å². The number of halogens is 5. The number of fused-ring (bicyclic) bond motifs is 1. The minimum absolute atomic E-state index is 0.0240. The van der Waals surface area contributed by atoms with E-state index in [1.807, 2.05) is 0 Å². The molecule has 0 bridgehead atoms. The number of alkyl halides is 3. The molecule has 1 amide bonds. The number of nitrogens with zero attached hydrogens (tertiary/aromatic N) is 1. The zero-order valence-electron chi connectivity index (χ0n) is 16.8. The average molecular weight is 478 g/mol. The Bertz CT molecular complexity index is 1230. The standard InChI is InChI=1S/C24H16ClF4NO3/c25-19-10-7-14(11-18(19)24(27,28)29)21-20(23(32)33)16-3-1-2-4-17(16)22(31)30(21)12-13-5-8-15(26)9-6-13/h1-11,20-21H,12H2,(H,32,33). The third-order valence-electron chi connectivity index (χ3n) is 5.61. The van der Waals surface area contributed by atoms with E-state index in [-0.39, 0.29) is 23.2 Å². The zero-order chi connectivity index (χ0) is 23.9. The predicted octanol–water partition coefficient (Wildman–Crippen LogP) is 6.06. The minimum Gasteiger partial charge on any atom is -0.481 e. The van der Waals surface area contributed by atoms with Crippen molar-refractivity contribution in [3.8, 4) is 0 Å². The molecule has 1 aliphatic rings. The number of aliphatic carboxylic acids is 1. The normalized spacial score (nSPS) is 18.2. The van der Waals surface area contributed by atoms with Crippen LogP contribution >= 0.6 is 11.6 Å². The summed E-state index contributed by atoms with van der Waals surface area (Å²) in [5.74, 6) is -3.67. The molecule has 9 heteroatoms. The fourth-order valence-corrected chi connectivity index (χ4v) is 4.36. The molecule has 0 saturated carbocycles. The van der Waals surface area contributed by atoms with Crippen LogP contribution in [0.1, 0.15) is 44.6 Å². The maximum atomic E-state index is 13.5. The first kappa shape index (κ1) is 22.8. The molecular weight excluding hydrogens is 462 g/mol. The van der Waals surface area contributed by atoms with Gasteiger partial charge < -0.3 is 10.0 Å². The Morgan fingerprint density at radius 1 is 1.03 bits per heavy atom. The minimum atomic E-state index is -4.77. The molecule has 3 aromatic rings. The predicted molar refractivity (Wildman–Crippen MR) is 112 cm³/mol. The highest BCUT2D eigenvalue weighted by atomic mass is 35.5. The Kier molecular flexibility index (Phi) is 5.88. The summed E-state index contributed by atoms with van der Waals surface area (Å²) >= 11 is 5.76. The van der Waals surface area contributed by atoms with Gasteiger partial charge in [0.2, 0.25) is 0 Å². The van der Waals surface area contributed by atoms with Crippen LogP contribution in [0.5, 0.6) is 0 Å². The van der Waals surface area contributed by atoms with Gasteiger partial charge in [0.15, 0.2) is 0 Å². The molecule has 2 unspecified atom stereocenters. The lowest BCUT2D eigenvalue weighted by Gasteiger charge is -2.41. The number of rotatable bonds is 4. The third-order valence-corrected chi connectivity index (χ3v) is 5.94. The molecule has 0 radical (unpaired) electrons. The molecule has 4 nitrogen and oxygen atoms in total. The highest BCUT2D eigenvalue weighted by molar-refractivity contribution is 6.31. The van der Waals surface area contributed by atoms with E-state index in [9.17, 15) is 32.3 Å². The molecule has 2 atom stereocenters. The molecule has 0 saturated heterocycles. The van der Waals surface area contributed by atoms with Crippen molar-refractivity contribution in [2.24, 2.45) is 0 Å². The zero-order valence-corrected chi connectivity index (χ0v) is 17.6. The first-order chi connectivity index (χ1) is 15.6. The van der Waals surface area contributed by atoms with Crippen LogP contribution < -0.4 is 0 Å². The molecule has 0 aliphatic carbocycles. The van der Waals surface area contributed by atoms with E-state index in [0.717, 1.165) is 12.1 Å².